The zero-order valence-corrected chi connectivity index (χ0v) is 23.3. The summed E-state index contributed by atoms with van der Waals surface area (Å²) in [5, 5.41) is 8.57. The maximum absolute atomic E-state index is 14.0. The van der Waals surface area contributed by atoms with Gasteiger partial charge in [0, 0.05) is 10.9 Å². The molecule has 0 radical (unpaired) electrons. The Balaban J connectivity index is 1.24. The highest BCUT2D eigenvalue weighted by Crippen LogP contribution is 2.34. The third kappa shape index (κ3) is 5.07. The van der Waals surface area contributed by atoms with Crippen LogP contribution in [0.25, 0.3) is 16.6 Å². The average Bonchev–Trinajstić information content (AvgIpc) is 3.54. The molecule has 1 aliphatic rings. The van der Waals surface area contributed by atoms with Crippen LogP contribution in [-0.2, 0) is 0 Å². The van der Waals surface area contributed by atoms with Crippen molar-refractivity contribution >= 4 is 38.4 Å². The van der Waals surface area contributed by atoms with E-state index < -0.39 is 5.82 Å². The van der Waals surface area contributed by atoms with Crippen molar-refractivity contribution in [2.45, 2.75) is 25.9 Å². The van der Waals surface area contributed by atoms with Crippen molar-refractivity contribution in [3.63, 3.8) is 0 Å². The van der Waals surface area contributed by atoms with Gasteiger partial charge in [0.05, 0.1) is 27.6 Å². The van der Waals surface area contributed by atoms with E-state index in [1.807, 2.05) is 25.1 Å². The van der Waals surface area contributed by atoms with Crippen LogP contribution in [0.2, 0.25) is 0 Å². The van der Waals surface area contributed by atoms with Gasteiger partial charge in [-0.05, 0) is 103 Å². The molecule has 1 saturated heterocycles. The number of anilines is 1. The van der Waals surface area contributed by atoms with E-state index in [4.69, 9.17) is 15.2 Å². The Labute approximate surface area is 238 Å². The summed E-state index contributed by atoms with van der Waals surface area (Å²) in [5.41, 5.74) is 9.29. The number of fused-ring (bicyclic) bond motifs is 1. The van der Waals surface area contributed by atoms with Gasteiger partial charge >= 0.3 is 0 Å². The predicted molar refractivity (Wildman–Crippen MR) is 155 cm³/mol. The third-order valence-corrected chi connectivity index (χ3v) is 7.63. The molecule has 204 valence electrons. The van der Waals surface area contributed by atoms with Crippen molar-refractivity contribution < 1.29 is 18.7 Å². The molecule has 0 saturated carbocycles. The molecule has 6 rings (SSSR count). The van der Waals surface area contributed by atoms with E-state index in [9.17, 15) is 9.18 Å². The fourth-order valence-corrected chi connectivity index (χ4v) is 5.29. The number of aryl methyl sites for hydroxylation is 1. The first-order valence-electron chi connectivity index (χ1n) is 13.0. The predicted octanol–water partition coefficient (Wildman–Crippen LogP) is 6.30. The van der Waals surface area contributed by atoms with Crippen molar-refractivity contribution in [2.75, 3.05) is 18.8 Å². The second-order valence-electron chi connectivity index (χ2n) is 9.79. The normalized spacial score (nSPS) is 14.0. The number of benzene rings is 3. The minimum absolute atomic E-state index is 0.139. The Morgan fingerprint density at radius 2 is 1.88 bits per heavy atom. The van der Waals surface area contributed by atoms with Gasteiger partial charge in [-0.2, -0.15) is 5.10 Å². The number of aromatic amines is 1. The highest BCUT2D eigenvalue weighted by molar-refractivity contribution is 9.10. The smallest absolute Gasteiger partial charge is 0.214 e. The zero-order chi connectivity index (χ0) is 27.8. The number of nitrogen functional groups attached to an aromatic ring is 1. The summed E-state index contributed by atoms with van der Waals surface area (Å²) >= 11 is 3.60. The number of piperidine rings is 1. The van der Waals surface area contributed by atoms with Crippen LogP contribution in [0.4, 0.5) is 10.2 Å². The van der Waals surface area contributed by atoms with Gasteiger partial charge < -0.3 is 25.5 Å². The second-order valence-corrected chi connectivity index (χ2v) is 10.6. The maximum Gasteiger partial charge on any atom is 0.214 e. The lowest BCUT2D eigenvalue weighted by Crippen LogP contribution is -2.34. The van der Waals surface area contributed by atoms with Crippen molar-refractivity contribution in [2.24, 2.45) is 0 Å². The van der Waals surface area contributed by atoms with Gasteiger partial charge in [-0.15, -0.1) is 0 Å². The van der Waals surface area contributed by atoms with Gasteiger partial charge in [0.2, 0.25) is 5.78 Å². The highest BCUT2D eigenvalue weighted by atomic mass is 79.9. The lowest BCUT2D eigenvalue weighted by Gasteiger charge is -2.24. The molecule has 0 amide bonds. The van der Waals surface area contributed by atoms with Crippen LogP contribution in [0.15, 0.2) is 71.3 Å². The first-order valence-corrected chi connectivity index (χ1v) is 13.8. The Morgan fingerprint density at radius 1 is 1.07 bits per heavy atom. The van der Waals surface area contributed by atoms with Crippen molar-refractivity contribution in [3.05, 3.63) is 94.0 Å². The van der Waals surface area contributed by atoms with E-state index in [2.05, 4.69) is 31.3 Å². The fourth-order valence-electron chi connectivity index (χ4n) is 4.85. The molecular weight excluding hydrogens is 577 g/mol. The maximum atomic E-state index is 14.0. The Hall–Kier alpha value is -4.15. The van der Waals surface area contributed by atoms with E-state index in [0.717, 1.165) is 52.6 Å². The Bertz CT molecular complexity index is 1720. The number of hydrogen-bond acceptors (Lipinski definition) is 6. The van der Waals surface area contributed by atoms with E-state index in [0.29, 0.717) is 17.1 Å². The lowest BCUT2D eigenvalue weighted by atomic mass is 10.1. The second kappa shape index (κ2) is 10.8. The summed E-state index contributed by atoms with van der Waals surface area (Å²) in [4.78, 5) is 16.7. The van der Waals surface area contributed by atoms with Gasteiger partial charge in [-0.3, -0.25) is 4.79 Å². The topological polar surface area (TPSA) is 107 Å². The van der Waals surface area contributed by atoms with Crippen LogP contribution in [0, 0.1) is 12.7 Å². The number of ketones is 1. The molecule has 1 aliphatic heterocycles. The molecule has 0 spiro atoms. The summed E-state index contributed by atoms with van der Waals surface area (Å²) in [5.74, 6) is 0.890. The lowest BCUT2D eigenvalue weighted by molar-refractivity contribution is 0.103. The number of carbonyl (C=O) groups is 1. The van der Waals surface area contributed by atoms with Gasteiger partial charge in [-0.25, -0.2) is 9.07 Å². The van der Waals surface area contributed by atoms with E-state index >= 15 is 0 Å². The molecule has 3 heterocycles. The van der Waals surface area contributed by atoms with E-state index in [1.54, 1.807) is 36.4 Å². The molecule has 1 fully saturated rings. The standard InChI is InChI=1S/C30H27BrFN5O3/c1-17-12-19(6-7-26(17)40-27-5-3-2-4-23(27)32)37-30(33)21(16-35-37)29(38)25-13-18-14-28(22(31)15-24(18)36-25)39-20-8-10-34-11-9-20/h2-7,12-16,20,34,36H,8-11,33H2,1H3. The number of aromatic nitrogens is 3. The van der Waals surface area contributed by atoms with Crippen LogP contribution in [-0.4, -0.2) is 39.7 Å². The quantitative estimate of drug-likeness (QED) is 0.188. The number of nitrogens with one attached hydrogen (secondary N) is 2. The molecule has 8 nitrogen and oxygen atoms in total. The average molecular weight is 604 g/mol. The molecule has 10 heteroatoms. The first kappa shape index (κ1) is 26.1. The van der Waals surface area contributed by atoms with Crippen LogP contribution in [0.1, 0.15) is 34.5 Å². The largest absolute Gasteiger partial charge is 0.489 e. The monoisotopic (exact) mass is 603 g/mol. The fraction of sp³-hybridized carbons (Fsp3) is 0.200. The Kier molecular flexibility index (Phi) is 7.03. The highest BCUT2D eigenvalue weighted by Gasteiger charge is 2.22. The molecule has 0 atom stereocenters. The minimum Gasteiger partial charge on any atom is -0.489 e. The number of H-pyrrole nitrogens is 1. The van der Waals surface area contributed by atoms with Crippen molar-refractivity contribution in [1.29, 1.82) is 0 Å². The summed E-state index contributed by atoms with van der Waals surface area (Å²) in [6.45, 7) is 3.72. The molecule has 0 aliphatic carbocycles. The number of carbonyl (C=O) groups excluding carboxylic acids is 1. The van der Waals surface area contributed by atoms with Gasteiger partial charge in [0.15, 0.2) is 11.6 Å². The molecule has 4 N–H and O–H groups in total. The van der Waals surface area contributed by atoms with Crippen molar-refractivity contribution in [1.82, 2.24) is 20.1 Å². The molecule has 5 aromatic rings. The molecule has 2 aromatic heterocycles. The summed E-state index contributed by atoms with van der Waals surface area (Å²) in [6, 6.07) is 17.2. The third-order valence-electron chi connectivity index (χ3n) is 7.01. The first-order chi connectivity index (χ1) is 19.4. The minimum atomic E-state index is -0.444. The summed E-state index contributed by atoms with van der Waals surface area (Å²) < 4.78 is 28.3. The number of hydrogen-bond donors (Lipinski definition) is 3. The zero-order valence-electron chi connectivity index (χ0n) is 21.7. The van der Waals surface area contributed by atoms with Crippen molar-refractivity contribution in [3.8, 4) is 22.9 Å². The van der Waals surface area contributed by atoms with Crippen LogP contribution < -0.4 is 20.5 Å². The van der Waals surface area contributed by atoms with Crippen LogP contribution in [0.5, 0.6) is 17.2 Å². The molecule has 0 unspecified atom stereocenters. The summed E-state index contributed by atoms with van der Waals surface area (Å²) in [7, 11) is 0. The number of rotatable bonds is 7. The van der Waals surface area contributed by atoms with Crippen LogP contribution in [0.3, 0.4) is 0 Å². The van der Waals surface area contributed by atoms with Crippen LogP contribution >= 0.6 is 15.9 Å². The number of nitrogens with two attached hydrogens (primary N) is 1. The van der Waals surface area contributed by atoms with E-state index in [-0.39, 0.29) is 29.0 Å². The van der Waals surface area contributed by atoms with Gasteiger partial charge in [0.25, 0.3) is 0 Å². The number of ether oxygens (including phenoxy) is 2. The Morgan fingerprint density at radius 3 is 2.65 bits per heavy atom. The number of halogens is 2. The van der Waals surface area contributed by atoms with E-state index in [1.165, 1.54) is 16.9 Å². The van der Waals surface area contributed by atoms with Gasteiger partial charge in [0.1, 0.15) is 23.4 Å². The molecular formula is C30H27BrFN5O3. The SMILES string of the molecule is Cc1cc(-n2ncc(C(=O)c3cc4cc(OC5CCNCC5)c(Br)cc4[nH]3)c2N)ccc1Oc1ccccc1F. The molecule has 0 bridgehead atoms. The molecule has 40 heavy (non-hydrogen) atoms. The summed E-state index contributed by atoms with van der Waals surface area (Å²) in [6.07, 6.45) is 3.52. The molecule has 3 aromatic carbocycles. The number of nitrogens with zero attached hydrogens (tertiary/aromatic N) is 2. The number of para-hydroxylation sites is 1. The van der Waals surface area contributed by atoms with Gasteiger partial charge in [-0.1, -0.05) is 12.1 Å².